The van der Waals surface area contributed by atoms with Crippen LogP contribution in [0.4, 0.5) is 5.69 Å². The maximum Gasteiger partial charge on any atom is 0.310 e. The van der Waals surface area contributed by atoms with Crippen LogP contribution in [0.3, 0.4) is 0 Å². The lowest BCUT2D eigenvalue weighted by Gasteiger charge is -2.40. The monoisotopic (exact) mass is 668 g/mol. The number of carbonyl (C=O) groups is 1. The van der Waals surface area contributed by atoms with E-state index in [1.54, 1.807) is 0 Å². The van der Waals surface area contributed by atoms with Crippen molar-refractivity contribution in [2.45, 2.75) is 90.8 Å². The molecular weight excluding hydrogens is 617 g/mol. The van der Waals surface area contributed by atoms with Gasteiger partial charge in [-0.1, -0.05) is 81.4 Å². The molecule has 8 nitrogen and oxygen atoms in total. The molecule has 0 heterocycles. The Morgan fingerprint density at radius 3 is 2.17 bits per heavy atom. The van der Waals surface area contributed by atoms with E-state index < -0.39 is 18.3 Å². The summed E-state index contributed by atoms with van der Waals surface area (Å²) in [6, 6.07) is 23.4. The molecule has 0 aromatic heterocycles. The molecule has 0 aliphatic carbocycles. The van der Waals surface area contributed by atoms with Crippen LogP contribution >= 0.6 is 0 Å². The normalized spacial score (nSPS) is 13.2. The average Bonchev–Trinajstić information content (AvgIpc) is 2.94. The third-order valence-electron chi connectivity index (χ3n) is 8.21. The van der Waals surface area contributed by atoms with Gasteiger partial charge in [-0.2, -0.15) is 0 Å². The SMILES string of the molecule is CCOC(=O)Cc1cccc(CC(C)(C)NC[C@H](O[Si](C)(C)C(C)(C)C)c2ccc(OCc3ccccc3)c(NS(C)(=O)=O)c2)c1. The Hall–Kier alpha value is -3.18. The second-order valence-corrected chi connectivity index (χ2v) is 20.5. The van der Waals surface area contributed by atoms with Crippen molar-refractivity contribution in [1.82, 2.24) is 5.32 Å². The molecule has 0 aliphatic heterocycles. The van der Waals surface area contributed by atoms with E-state index in [4.69, 9.17) is 13.9 Å². The molecule has 0 aliphatic rings. The largest absolute Gasteiger partial charge is 0.487 e. The lowest BCUT2D eigenvalue weighted by atomic mass is 9.93. The van der Waals surface area contributed by atoms with Crippen LogP contribution in [-0.2, 0) is 43.4 Å². The van der Waals surface area contributed by atoms with Crippen LogP contribution in [0.25, 0.3) is 0 Å². The van der Waals surface area contributed by atoms with Crippen LogP contribution in [0, 0.1) is 0 Å². The summed E-state index contributed by atoms with van der Waals surface area (Å²) in [5, 5.41) is 3.69. The summed E-state index contributed by atoms with van der Waals surface area (Å²) in [6.07, 6.45) is 1.76. The second kappa shape index (κ2) is 15.6. The Morgan fingerprint density at radius 1 is 0.891 bits per heavy atom. The van der Waals surface area contributed by atoms with Gasteiger partial charge in [0.15, 0.2) is 8.32 Å². The van der Waals surface area contributed by atoms with Gasteiger partial charge in [0.05, 0.1) is 31.1 Å². The molecule has 0 saturated heterocycles. The zero-order valence-corrected chi connectivity index (χ0v) is 30.7. The van der Waals surface area contributed by atoms with Crippen LogP contribution in [0.5, 0.6) is 5.75 Å². The first kappa shape index (κ1) is 37.3. The van der Waals surface area contributed by atoms with Crippen LogP contribution in [0.15, 0.2) is 72.8 Å². The molecule has 0 saturated carbocycles. The molecule has 0 fully saturated rings. The van der Waals surface area contributed by atoms with E-state index in [1.807, 2.05) is 67.6 Å². The Balaban J connectivity index is 1.88. The molecule has 0 unspecified atom stereocenters. The van der Waals surface area contributed by atoms with Crippen LogP contribution in [0.1, 0.15) is 69.9 Å². The highest BCUT2D eigenvalue weighted by Crippen LogP contribution is 2.41. The Morgan fingerprint density at radius 2 is 1.54 bits per heavy atom. The second-order valence-electron chi connectivity index (χ2n) is 14.0. The predicted molar refractivity (Wildman–Crippen MR) is 189 cm³/mol. The molecule has 0 spiro atoms. The maximum absolute atomic E-state index is 12.4. The molecule has 10 heteroatoms. The molecule has 0 amide bonds. The highest BCUT2D eigenvalue weighted by Gasteiger charge is 2.40. The van der Waals surface area contributed by atoms with Gasteiger partial charge in [0.1, 0.15) is 12.4 Å². The topological polar surface area (TPSA) is 103 Å². The van der Waals surface area contributed by atoms with Crippen molar-refractivity contribution in [3.8, 4) is 5.75 Å². The number of sulfonamides is 1. The number of hydrogen-bond donors (Lipinski definition) is 2. The zero-order valence-electron chi connectivity index (χ0n) is 28.9. The molecule has 0 bridgehead atoms. The zero-order chi connectivity index (χ0) is 34.2. The van der Waals surface area contributed by atoms with Crippen LogP contribution < -0.4 is 14.8 Å². The van der Waals surface area contributed by atoms with E-state index >= 15 is 0 Å². The van der Waals surface area contributed by atoms with Gasteiger partial charge in [-0.05, 0) is 79.7 Å². The highest BCUT2D eigenvalue weighted by atomic mass is 32.2. The summed E-state index contributed by atoms with van der Waals surface area (Å²) in [4.78, 5) is 12.0. The van der Waals surface area contributed by atoms with Gasteiger partial charge in [-0.3, -0.25) is 9.52 Å². The van der Waals surface area contributed by atoms with E-state index in [-0.39, 0.29) is 29.1 Å². The first-order valence-corrected chi connectivity index (χ1v) is 20.6. The number of carbonyl (C=O) groups excluding carboxylic acids is 1. The van der Waals surface area contributed by atoms with Crippen molar-refractivity contribution >= 4 is 30.0 Å². The van der Waals surface area contributed by atoms with Crippen LogP contribution in [0.2, 0.25) is 18.1 Å². The van der Waals surface area contributed by atoms with E-state index in [0.29, 0.717) is 31.2 Å². The van der Waals surface area contributed by atoms with Crippen molar-refractivity contribution in [2.75, 3.05) is 24.1 Å². The minimum absolute atomic E-state index is 0.0350. The van der Waals surface area contributed by atoms with E-state index in [1.165, 1.54) is 0 Å². The fourth-order valence-electron chi connectivity index (χ4n) is 4.82. The first-order valence-electron chi connectivity index (χ1n) is 15.8. The molecule has 1 atom stereocenters. The fourth-order valence-corrected chi connectivity index (χ4v) is 6.66. The van der Waals surface area contributed by atoms with E-state index in [2.05, 4.69) is 69.9 Å². The summed E-state index contributed by atoms with van der Waals surface area (Å²) >= 11 is 0. The van der Waals surface area contributed by atoms with Crippen molar-refractivity contribution in [2.24, 2.45) is 0 Å². The van der Waals surface area contributed by atoms with Gasteiger partial charge in [-0.25, -0.2) is 8.42 Å². The standard InChI is InChI=1S/C36H52N2O6SSi/c1-10-42-34(39)22-28-17-14-18-29(21-28)24-36(5,6)37-25-33(44-46(8,9)35(2,3)4)30-19-20-32(31(23-30)38-45(7,40)41)43-26-27-15-12-11-13-16-27/h11-21,23,33,37-38H,10,22,24-26H2,1-9H3/t33-/m0/s1. The molecule has 2 N–H and O–H groups in total. The molecule has 3 aromatic carbocycles. The quantitative estimate of drug-likeness (QED) is 0.121. The molecule has 46 heavy (non-hydrogen) atoms. The fraction of sp³-hybridized carbons (Fsp3) is 0.472. The van der Waals surface area contributed by atoms with Crippen molar-refractivity contribution in [3.05, 3.63) is 95.1 Å². The van der Waals surface area contributed by atoms with Gasteiger partial charge < -0.3 is 19.2 Å². The van der Waals surface area contributed by atoms with Gasteiger partial charge >= 0.3 is 5.97 Å². The summed E-state index contributed by atoms with van der Waals surface area (Å²) in [5.41, 5.74) is 3.92. The smallest absolute Gasteiger partial charge is 0.310 e. The summed E-state index contributed by atoms with van der Waals surface area (Å²) in [7, 11) is -5.82. The number of rotatable bonds is 16. The van der Waals surface area contributed by atoms with Gasteiger partial charge in [-0.15, -0.1) is 0 Å². The summed E-state index contributed by atoms with van der Waals surface area (Å²) < 4.78 is 45.6. The van der Waals surface area contributed by atoms with Gasteiger partial charge in [0.25, 0.3) is 0 Å². The molecule has 3 rings (SSSR count). The molecule has 3 aromatic rings. The Labute approximate surface area is 277 Å². The third-order valence-corrected chi connectivity index (χ3v) is 13.3. The first-order chi connectivity index (χ1) is 21.4. The third kappa shape index (κ3) is 11.9. The summed E-state index contributed by atoms with van der Waals surface area (Å²) in [6.45, 7) is 18.3. The Bertz CT molecular complexity index is 1550. The van der Waals surface area contributed by atoms with E-state index in [9.17, 15) is 13.2 Å². The molecular formula is C36H52N2O6SSi. The lowest BCUT2D eigenvalue weighted by molar-refractivity contribution is -0.142. The highest BCUT2D eigenvalue weighted by molar-refractivity contribution is 7.92. The van der Waals surface area contributed by atoms with Crippen LogP contribution in [-0.4, -0.2) is 47.7 Å². The number of hydrogen-bond acceptors (Lipinski definition) is 7. The number of nitrogens with one attached hydrogen (secondary N) is 2. The van der Waals surface area contributed by atoms with Crippen molar-refractivity contribution in [3.63, 3.8) is 0 Å². The minimum atomic E-state index is -3.57. The summed E-state index contributed by atoms with van der Waals surface area (Å²) in [5.74, 6) is 0.212. The number of benzene rings is 3. The molecule has 0 radical (unpaired) electrons. The molecule has 252 valence electrons. The Kier molecular flexibility index (Phi) is 12.6. The van der Waals surface area contributed by atoms with Gasteiger partial charge in [0.2, 0.25) is 10.0 Å². The van der Waals surface area contributed by atoms with Gasteiger partial charge in [0, 0.05) is 12.1 Å². The van der Waals surface area contributed by atoms with E-state index in [0.717, 1.165) is 34.9 Å². The average molecular weight is 669 g/mol. The maximum atomic E-state index is 12.4. The number of esters is 1. The number of ether oxygens (including phenoxy) is 2. The lowest BCUT2D eigenvalue weighted by Crippen LogP contribution is -2.47. The van der Waals surface area contributed by atoms with Crippen molar-refractivity contribution < 1.29 is 27.1 Å². The number of anilines is 1. The predicted octanol–water partition coefficient (Wildman–Crippen LogP) is 7.42. The van der Waals surface area contributed by atoms with Crippen molar-refractivity contribution in [1.29, 1.82) is 0 Å². The minimum Gasteiger partial charge on any atom is -0.487 e.